The Morgan fingerprint density at radius 1 is 0.968 bits per heavy atom. The third-order valence-electron chi connectivity index (χ3n) is 4.71. The number of hydrogen-bond acceptors (Lipinski definition) is 4. The zero-order valence-corrected chi connectivity index (χ0v) is 18.2. The van der Waals surface area contributed by atoms with E-state index in [0.717, 1.165) is 5.56 Å². The van der Waals surface area contributed by atoms with Crippen molar-refractivity contribution >= 4 is 40.2 Å². The summed E-state index contributed by atoms with van der Waals surface area (Å²) in [5.74, 6) is -1.48. The van der Waals surface area contributed by atoms with Crippen molar-refractivity contribution < 1.29 is 14.4 Å². The molecule has 3 rings (SSSR count). The molecule has 3 amide bonds. The second-order valence-corrected chi connectivity index (χ2v) is 7.88. The summed E-state index contributed by atoms with van der Waals surface area (Å²) in [6, 6.07) is 15.3. The fourth-order valence-electron chi connectivity index (χ4n) is 3.15. The number of carbonyl (C=O) groups is 3. The minimum absolute atomic E-state index is 0.154. The van der Waals surface area contributed by atoms with Gasteiger partial charge in [-0.15, -0.1) is 0 Å². The molecule has 0 aliphatic heterocycles. The maximum atomic E-state index is 13.0. The van der Waals surface area contributed by atoms with Crippen LogP contribution in [0.5, 0.6) is 0 Å². The highest BCUT2D eigenvalue weighted by Crippen LogP contribution is 2.25. The highest BCUT2D eigenvalue weighted by molar-refractivity contribution is 6.30. The molecule has 0 fully saturated rings. The van der Waals surface area contributed by atoms with Crippen LogP contribution in [0.3, 0.4) is 0 Å². The molecule has 7 nitrogen and oxygen atoms in total. The molecule has 0 bridgehead atoms. The van der Waals surface area contributed by atoms with E-state index in [-0.39, 0.29) is 11.8 Å². The lowest BCUT2D eigenvalue weighted by Gasteiger charge is -2.21. The van der Waals surface area contributed by atoms with Crippen molar-refractivity contribution in [2.75, 3.05) is 0 Å². The molecule has 1 unspecified atom stereocenters. The number of amides is 3. The van der Waals surface area contributed by atoms with Gasteiger partial charge in [-0.05, 0) is 30.2 Å². The summed E-state index contributed by atoms with van der Waals surface area (Å²) in [6.07, 6.45) is 0. The van der Waals surface area contributed by atoms with Crippen molar-refractivity contribution in [1.29, 1.82) is 0 Å². The van der Waals surface area contributed by atoms with Crippen LogP contribution in [0.2, 0.25) is 5.02 Å². The van der Waals surface area contributed by atoms with Gasteiger partial charge in [0.2, 0.25) is 5.91 Å². The maximum absolute atomic E-state index is 13.0. The molecule has 31 heavy (non-hydrogen) atoms. The number of nitrogens with one attached hydrogen (secondary N) is 3. The van der Waals surface area contributed by atoms with Gasteiger partial charge >= 0.3 is 0 Å². The van der Waals surface area contributed by atoms with Gasteiger partial charge in [-0.25, -0.2) is 4.98 Å². The maximum Gasteiger partial charge on any atom is 0.270 e. The van der Waals surface area contributed by atoms with Crippen molar-refractivity contribution in [2.45, 2.75) is 26.8 Å². The van der Waals surface area contributed by atoms with Crippen LogP contribution in [0.1, 0.15) is 31.1 Å². The summed E-state index contributed by atoms with van der Waals surface area (Å²) in [4.78, 5) is 41.4. The van der Waals surface area contributed by atoms with Gasteiger partial charge < -0.3 is 5.32 Å². The zero-order valence-electron chi connectivity index (χ0n) is 17.4. The average Bonchev–Trinajstić information content (AvgIpc) is 2.75. The Labute approximate surface area is 185 Å². The predicted molar refractivity (Wildman–Crippen MR) is 120 cm³/mol. The number of benzene rings is 2. The van der Waals surface area contributed by atoms with Crippen LogP contribution in [0.4, 0.5) is 0 Å². The largest absolute Gasteiger partial charge is 0.344 e. The Balaban J connectivity index is 1.88. The van der Waals surface area contributed by atoms with Crippen molar-refractivity contribution in [3.8, 4) is 11.3 Å². The van der Waals surface area contributed by atoms with Crippen LogP contribution in [0, 0.1) is 5.92 Å². The van der Waals surface area contributed by atoms with Gasteiger partial charge in [0.25, 0.3) is 11.8 Å². The first-order valence-electron chi connectivity index (χ1n) is 9.79. The molecule has 3 N–H and O–H groups in total. The van der Waals surface area contributed by atoms with Crippen molar-refractivity contribution in [3.63, 3.8) is 0 Å². The Morgan fingerprint density at radius 2 is 1.65 bits per heavy atom. The van der Waals surface area contributed by atoms with E-state index in [1.165, 1.54) is 6.92 Å². The van der Waals surface area contributed by atoms with Gasteiger partial charge in [-0.2, -0.15) is 0 Å². The second kappa shape index (κ2) is 9.57. The van der Waals surface area contributed by atoms with Gasteiger partial charge in [-0.1, -0.05) is 55.8 Å². The SMILES string of the molecule is CC(=O)NC(C(=O)NNC(=O)c1cc(-c2ccc(Cl)cc2)nc2ccccc12)C(C)C. The molecule has 0 saturated heterocycles. The first kappa shape index (κ1) is 22.2. The van der Waals surface area contributed by atoms with E-state index in [9.17, 15) is 14.4 Å². The highest BCUT2D eigenvalue weighted by Gasteiger charge is 2.24. The fraction of sp³-hybridized carbons (Fsp3) is 0.217. The number of aromatic nitrogens is 1. The number of nitrogens with zero attached hydrogens (tertiary/aromatic N) is 1. The van der Waals surface area contributed by atoms with Gasteiger partial charge in [0.15, 0.2) is 0 Å². The van der Waals surface area contributed by atoms with Gasteiger partial charge in [0.1, 0.15) is 6.04 Å². The third-order valence-corrected chi connectivity index (χ3v) is 4.96. The first-order chi connectivity index (χ1) is 14.8. The lowest BCUT2D eigenvalue weighted by Crippen LogP contribution is -2.54. The monoisotopic (exact) mass is 438 g/mol. The molecule has 0 radical (unpaired) electrons. The standard InChI is InChI=1S/C23H23ClN4O3/c1-13(2)21(25-14(3)29)23(31)28-27-22(30)18-12-20(15-8-10-16(24)11-9-15)26-19-7-5-4-6-17(18)19/h4-13,21H,1-3H3,(H,25,29)(H,27,30)(H,28,31). The summed E-state index contributed by atoms with van der Waals surface area (Å²) in [6.45, 7) is 4.94. The molecular weight excluding hydrogens is 416 g/mol. The summed E-state index contributed by atoms with van der Waals surface area (Å²) in [5.41, 5.74) is 7.26. The number of pyridine rings is 1. The van der Waals surface area contributed by atoms with Gasteiger partial charge in [0, 0.05) is 22.9 Å². The second-order valence-electron chi connectivity index (χ2n) is 7.44. The quantitative estimate of drug-likeness (QED) is 0.531. The molecule has 0 saturated carbocycles. The molecule has 0 spiro atoms. The molecule has 1 aromatic heterocycles. The summed E-state index contributed by atoms with van der Waals surface area (Å²) >= 11 is 5.98. The van der Waals surface area contributed by atoms with E-state index in [1.54, 1.807) is 38.1 Å². The van der Waals surface area contributed by atoms with Crippen molar-refractivity contribution in [2.24, 2.45) is 5.92 Å². The molecule has 0 aliphatic rings. The van der Waals surface area contributed by atoms with Crippen molar-refractivity contribution in [3.05, 3.63) is 65.2 Å². The topological polar surface area (TPSA) is 100 Å². The number of rotatable bonds is 5. The molecular formula is C23H23ClN4O3. The molecule has 8 heteroatoms. The molecule has 2 aromatic carbocycles. The highest BCUT2D eigenvalue weighted by atomic mass is 35.5. The number of para-hydroxylation sites is 1. The van der Waals surface area contributed by atoms with E-state index >= 15 is 0 Å². The first-order valence-corrected chi connectivity index (χ1v) is 10.2. The van der Waals surface area contributed by atoms with Crippen LogP contribution in [-0.2, 0) is 9.59 Å². The third kappa shape index (κ3) is 5.38. The van der Waals surface area contributed by atoms with Crippen LogP contribution in [0.15, 0.2) is 54.6 Å². The average molecular weight is 439 g/mol. The molecule has 160 valence electrons. The zero-order chi connectivity index (χ0) is 22.5. The molecule has 0 aliphatic carbocycles. The van der Waals surface area contributed by atoms with E-state index in [4.69, 9.17) is 11.6 Å². The van der Waals surface area contributed by atoms with Crippen LogP contribution < -0.4 is 16.2 Å². The lowest BCUT2D eigenvalue weighted by molar-refractivity contribution is -0.129. The fourth-order valence-corrected chi connectivity index (χ4v) is 3.28. The summed E-state index contributed by atoms with van der Waals surface area (Å²) in [5, 5.41) is 3.83. The van der Waals surface area contributed by atoms with E-state index in [1.807, 2.05) is 30.3 Å². The minimum atomic E-state index is -0.767. The Morgan fingerprint density at radius 3 is 2.29 bits per heavy atom. The number of fused-ring (bicyclic) bond motifs is 1. The number of halogens is 1. The Kier molecular flexibility index (Phi) is 6.87. The van der Waals surface area contributed by atoms with Crippen molar-refractivity contribution in [1.82, 2.24) is 21.2 Å². The van der Waals surface area contributed by atoms with E-state index in [2.05, 4.69) is 21.2 Å². The van der Waals surface area contributed by atoms with Crippen LogP contribution in [-0.4, -0.2) is 28.7 Å². The Hall–Kier alpha value is -3.45. The van der Waals surface area contributed by atoms with Crippen LogP contribution >= 0.6 is 11.6 Å². The molecule has 1 heterocycles. The number of carbonyl (C=O) groups excluding carboxylic acids is 3. The normalized spacial score (nSPS) is 11.8. The van der Waals surface area contributed by atoms with E-state index < -0.39 is 17.9 Å². The number of hydrogen-bond donors (Lipinski definition) is 3. The Bertz CT molecular complexity index is 1130. The van der Waals surface area contributed by atoms with Gasteiger partial charge in [0.05, 0.1) is 16.8 Å². The van der Waals surface area contributed by atoms with Crippen LogP contribution in [0.25, 0.3) is 22.2 Å². The lowest BCUT2D eigenvalue weighted by atomic mass is 10.0. The summed E-state index contributed by atoms with van der Waals surface area (Å²) in [7, 11) is 0. The smallest absolute Gasteiger partial charge is 0.270 e. The van der Waals surface area contributed by atoms with E-state index in [0.29, 0.717) is 27.2 Å². The summed E-state index contributed by atoms with van der Waals surface area (Å²) < 4.78 is 0. The molecule has 1 atom stereocenters. The minimum Gasteiger partial charge on any atom is -0.344 e. The predicted octanol–water partition coefficient (Wildman–Crippen LogP) is 3.48. The number of hydrazine groups is 1. The van der Waals surface area contributed by atoms with Gasteiger partial charge in [-0.3, -0.25) is 25.2 Å². The molecule has 3 aromatic rings.